The molecule has 16 heteroatoms. The van der Waals surface area contributed by atoms with Gasteiger partial charge in [0, 0.05) is 47.2 Å². The van der Waals surface area contributed by atoms with Gasteiger partial charge in [0.15, 0.2) is 11.6 Å². The molecular weight excluding hydrogens is 653 g/mol. The molecule has 0 radical (unpaired) electrons. The Balaban J connectivity index is 1.64. The molecule has 0 saturated heterocycles. The third kappa shape index (κ3) is 5.66. The molecule has 12 nitrogen and oxygen atoms in total. The monoisotopic (exact) mass is 678 g/mol. The third-order valence-corrected chi connectivity index (χ3v) is 8.28. The van der Waals surface area contributed by atoms with Crippen LogP contribution in [-0.4, -0.2) is 46.5 Å². The molecule has 0 aliphatic heterocycles. The lowest BCUT2D eigenvalue weighted by Gasteiger charge is -2.20. The van der Waals surface area contributed by atoms with Crippen molar-refractivity contribution in [1.82, 2.24) is 28.9 Å². The Morgan fingerprint density at radius 2 is 1.85 bits per heavy atom. The van der Waals surface area contributed by atoms with Crippen molar-refractivity contribution in [2.24, 2.45) is 12.8 Å². The highest BCUT2D eigenvalue weighted by molar-refractivity contribution is 6.34. The van der Waals surface area contributed by atoms with Crippen molar-refractivity contribution in [1.29, 1.82) is 0 Å². The highest BCUT2D eigenvalue weighted by atomic mass is 35.5. The predicted octanol–water partition coefficient (Wildman–Crippen LogP) is 4.38. The van der Waals surface area contributed by atoms with Crippen LogP contribution in [0.4, 0.5) is 24.8 Å². The fraction of sp³-hybridized carbons (Fsp3) is 0.188. The first-order valence-corrected chi connectivity index (χ1v) is 14.9. The van der Waals surface area contributed by atoms with Crippen LogP contribution in [0.25, 0.3) is 27.4 Å². The molecule has 0 bridgehead atoms. The van der Waals surface area contributed by atoms with Crippen LogP contribution in [0.2, 0.25) is 5.02 Å². The number of hydrogen-bond donors (Lipinski definition) is 3. The van der Waals surface area contributed by atoms with E-state index in [1.54, 1.807) is 42.2 Å². The van der Waals surface area contributed by atoms with E-state index < -0.39 is 58.8 Å². The zero-order valence-corrected chi connectivity index (χ0v) is 26.1. The molecule has 0 aliphatic carbocycles. The average molecular weight is 679 g/mol. The summed E-state index contributed by atoms with van der Waals surface area (Å²) in [5.74, 6) is -6.57. The molecule has 0 spiro atoms. The number of fused-ring (bicyclic) bond motifs is 2. The van der Waals surface area contributed by atoms with Gasteiger partial charge in [0.05, 0.1) is 40.6 Å². The van der Waals surface area contributed by atoms with Gasteiger partial charge in [-0.05, 0) is 43.1 Å². The number of anilines is 2. The minimum absolute atomic E-state index is 0.0941. The smallest absolute Gasteiger partial charge is 0.359 e. The number of nitrogens with zero attached hydrogens (tertiary/aromatic N) is 6. The van der Waals surface area contributed by atoms with Gasteiger partial charge in [-0.3, -0.25) is 19.0 Å². The number of aryl methyl sites for hydroxylation is 1. The Kier molecular flexibility index (Phi) is 8.49. The summed E-state index contributed by atoms with van der Waals surface area (Å²) in [5.41, 5.74) is 4.85. The molecule has 1 unspecified atom stereocenters. The van der Waals surface area contributed by atoms with Gasteiger partial charge in [-0.15, -0.1) is 0 Å². The van der Waals surface area contributed by atoms with Crippen LogP contribution in [0.5, 0.6) is 0 Å². The van der Waals surface area contributed by atoms with Crippen molar-refractivity contribution in [3.8, 4) is 5.69 Å². The fourth-order valence-corrected chi connectivity index (χ4v) is 5.93. The number of nitrogens with one attached hydrogen (secondary N) is 1. The normalized spacial score (nSPS) is 12.1. The second kappa shape index (κ2) is 12.6. The minimum Gasteiger partial charge on any atom is -0.481 e. The molecule has 0 amide bonds. The van der Waals surface area contributed by atoms with Crippen LogP contribution in [0, 0.1) is 17.5 Å². The number of halogens is 4. The molecule has 4 N–H and O–H groups in total. The SMILES string of the molecule is CC(C(=O)O)c1cccc2cncc(-n3c(=O)nc(Nc4c(Cl)cc5nn(C)cc5c4CCN)n(Cc4cc(F)c(F)cc4F)c3=O)c12. The van der Waals surface area contributed by atoms with Gasteiger partial charge < -0.3 is 16.2 Å². The van der Waals surface area contributed by atoms with Crippen molar-refractivity contribution >= 4 is 50.9 Å². The maximum atomic E-state index is 15.0. The molecule has 3 aromatic carbocycles. The third-order valence-electron chi connectivity index (χ3n) is 7.98. The first-order chi connectivity index (χ1) is 22.9. The lowest BCUT2D eigenvalue weighted by atomic mass is 9.95. The maximum absolute atomic E-state index is 15.0. The maximum Gasteiger partial charge on any atom is 0.359 e. The van der Waals surface area contributed by atoms with Crippen LogP contribution in [0.15, 0.2) is 64.6 Å². The summed E-state index contributed by atoms with van der Waals surface area (Å²) in [6.45, 7) is 0.917. The van der Waals surface area contributed by atoms with E-state index in [0.29, 0.717) is 38.6 Å². The Morgan fingerprint density at radius 3 is 2.58 bits per heavy atom. The summed E-state index contributed by atoms with van der Waals surface area (Å²) in [6, 6.07) is 7.28. The summed E-state index contributed by atoms with van der Waals surface area (Å²) in [4.78, 5) is 48.4. The van der Waals surface area contributed by atoms with Crippen LogP contribution in [-0.2, 0) is 24.8 Å². The molecule has 6 aromatic rings. The van der Waals surface area contributed by atoms with E-state index in [0.717, 1.165) is 4.57 Å². The van der Waals surface area contributed by atoms with Crippen molar-refractivity contribution in [3.05, 3.63) is 115 Å². The van der Waals surface area contributed by atoms with Gasteiger partial charge in [-0.1, -0.05) is 29.8 Å². The standard InChI is InChI=1S/C32H26ClF3N8O4/c1-15(29(45)46)18-5-3-4-16-11-38-12-26(27(16)18)44-31(47)40-30(43(32(44)48)13-17-8-23(35)24(36)10-22(17)34)39-28-19(6-7-37)20-14-42(2)41-25(20)9-21(28)33/h3-5,8-12,14-15H,6-7,13,37H2,1-2H3,(H,45,46)(H,39,40,47). The minimum atomic E-state index is -1.44. The highest BCUT2D eigenvalue weighted by Gasteiger charge is 2.24. The molecule has 246 valence electrons. The molecule has 3 aromatic heterocycles. The van der Waals surface area contributed by atoms with Crippen LogP contribution in [0.1, 0.15) is 29.5 Å². The fourth-order valence-electron chi connectivity index (χ4n) is 5.67. The molecule has 0 fully saturated rings. The second-order valence-corrected chi connectivity index (χ2v) is 11.5. The van der Waals surface area contributed by atoms with E-state index in [9.17, 15) is 32.7 Å². The molecule has 3 heterocycles. The van der Waals surface area contributed by atoms with E-state index >= 15 is 0 Å². The lowest BCUT2D eigenvalue weighted by molar-refractivity contribution is -0.138. The van der Waals surface area contributed by atoms with Gasteiger partial charge >= 0.3 is 17.3 Å². The molecule has 6 rings (SSSR count). The molecular formula is C32H26ClF3N8O4. The topological polar surface area (TPSA) is 163 Å². The molecule has 0 aliphatic rings. The van der Waals surface area contributed by atoms with Gasteiger partial charge in [-0.25, -0.2) is 27.3 Å². The van der Waals surface area contributed by atoms with Gasteiger partial charge in [-0.2, -0.15) is 10.1 Å². The highest BCUT2D eigenvalue weighted by Crippen LogP contribution is 2.35. The zero-order chi connectivity index (χ0) is 34.4. The molecule has 48 heavy (non-hydrogen) atoms. The first kappa shape index (κ1) is 32.4. The van der Waals surface area contributed by atoms with Crippen molar-refractivity contribution in [2.75, 3.05) is 11.9 Å². The number of carbonyl (C=O) groups is 1. The Hall–Kier alpha value is -5.54. The number of carboxylic acids is 1. The number of hydrogen-bond acceptors (Lipinski definition) is 8. The van der Waals surface area contributed by atoms with Crippen LogP contribution >= 0.6 is 11.6 Å². The number of rotatable bonds is 9. The second-order valence-electron chi connectivity index (χ2n) is 11.1. The van der Waals surface area contributed by atoms with E-state index in [1.807, 2.05) is 0 Å². The first-order valence-electron chi connectivity index (χ1n) is 14.5. The largest absolute Gasteiger partial charge is 0.481 e. The lowest BCUT2D eigenvalue weighted by Crippen LogP contribution is -2.42. The van der Waals surface area contributed by atoms with E-state index in [1.165, 1.54) is 19.3 Å². The average Bonchev–Trinajstić information content (AvgIpc) is 3.41. The number of nitrogens with two attached hydrogens (primary N) is 1. The zero-order valence-electron chi connectivity index (χ0n) is 25.3. The summed E-state index contributed by atoms with van der Waals surface area (Å²) in [6.07, 6.45) is 4.67. The van der Waals surface area contributed by atoms with Crippen molar-refractivity contribution in [2.45, 2.75) is 25.8 Å². The Morgan fingerprint density at radius 1 is 1.10 bits per heavy atom. The van der Waals surface area contributed by atoms with Crippen molar-refractivity contribution in [3.63, 3.8) is 0 Å². The predicted molar refractivity (Wildman–Crippen MR) is 173 cm³/mol. The summed E-state index contributed by atoms with van der Waals surface area (Å²) in [7, 11) is 1.72. The van der Waals surface area contributed by atoms with E-state index in [2.05, 4.69) is 20.4 Å². The Bertz CT molecular complexity index is 2390. The summed E-state index contributed by atoms with van der Waals surface area (Å²) < 4.78 is 46.2. The number of pyridine rings is 1. The number of benzene rings is 3. The van der Waals surface area contributed by atoms with Gasteiger partial charge in [0.1, 0.15) is 5.82 Å². The number of aromatic nitrogens is 6. The van der Waals surface area contributed by atoms with Crippen LogP contribution < -0.4 is 22.4 Å². The summed E-state index contributed by atoms with van der Waals surface area (Å²) in [5, 5.41) is 18.6. The van der Waals surface area contributed by atoms with Crippen LogP contribution in [0.3, 0.4) is 0 Å². The van der Waals surface area contributed by atoms with Crippen molar-refractivity contribution < 1.29 is 23.1 Å². The Labute approximate surface area is 273 Å². The number of carboxylic acid groups (broad SMARTS) is 1. The quantitative estimate of drug-likeness (QED) is 0.188. The molecule has 0 saturated carbocycles. The molecule has 1 atom stereocenters. The van der Waals surface area contributed by atoms with E-state index in [4.69, 9.17) is 17.3 Å². The van der Waals surface area contributed by atoms with E-state index in [-0.39, 0.29) is 40.3 Å². The van der Waals surface area contributed by atoms with Gasteiger partial charge in [0.25, 0.3) is 0 Å². The number of aliphatic carboxylic acids is 1. The van der Waals surface area contributed by atoms with Gasteiger partial charge in [0.2, 0.25) is 5.95 Å². The summed E-state index contributed by atoms with van der Waals surface area (Å²) >= 11 is 6.67.